The van der Waals surface area contributed by atoms with Crippen molar-refractivity contribution in [1.82, 2.24) is 0 Å². The van der Waals surface area contributed by atoms with E-state index in [9.17, 15) is 0 Å². The summed E-state index contributed by atoms with van der Waals surface area (Å²) >= 11 is 0. The molecule has 1 fully saturated rings. The van der Waals surface area contributed by atoms with Crippen LogP contribution < -0.4 is 0 Å². The summed E-state index contributed by atoms with van der Waals surface area (Å²) in [4.78, 5) is 0. The Labute approximate surface area is 123 Å². The van der Waals surface area contributed by atoms with Gasteiger partial charge in [-0.1, -0.05) is 12.6 Å². The molecule has 0 spiro atoms. The van der Waals surface area contributed by atoms with Crippen molar-refractivity contribution in [2.45, 2.75) is 12.6 Å². The second kappa shape index (κ2) is 19.3. The molecule has 0 N–H and O–H groups in total. The Balaban J connectivity index is -0.000000155. The molecular weight excluding hydrogens is 186 g/mol. The molecule has 17 heavy (non-hydrogen) atoms. The summed E-state index contributed by atoms with van der Waals surface area (Å²) in [6.07, 6.45) is 0.528. The Morgan fingerprint density at radius 1 is 0.529 bits per heavy atom. The smallest absolute Gasteiger partial charge is 0.0543 e. The van der Waals surface area contributed by atoms with Crippen LogP contribution in [0.25, 0.3) is 0 Å². The van der Waals surface area contributed by atoms with Crippen molar-refractivity contribution < 1.29 is 0 Å². The van der Waals surface area contributed by atoms with E-state index in [4.69, 9.17) is 0 Å². The maximum absolute atomic E-state index is 4.67. The SMILES string of the molecule is [B]1[B]CC[B]1.[B]B([B])[B].[B]B([B])[B].[B]B([B])[B]. The van der Waals surface area contributed by atoms with Crippen molar-refractivity contribution in [2.24, 2.45) is 0 Å². The zero-order valence-electron chi connectivity index (χ0n) is 10.1. The molecule has 0 unspecified atom stereocenters. The van der Waals surface area contributed by atoms with Crippen molar-refractivity contribution in [3.8, 4) is 0 Å². The van der Waals surface area contributed by atoms with Gasteiger partial charge in [0.1, 0.15) is 0 Å². The summed E-state index contributed by atoms with van der Waals surface area (Å²) in [7, 11) is 48.5. The van der Waals surface area contributed by atoms with Gasteiger partial charge in [-0.25, -0.2) is 0 Å². The summed E-state index contributed by atoms with van der Waals surface area (Å²) in [6, 6.07) is 0. The fourth-order valence-corrected chi connectivity index (χ4v) is 0.481. The van der Waals surface area contributed by atoms with E-state index in [1.807, 2.05) is 0 Å². The van der Waals surface area contributed by atoms with Gasteiger partial charge in [-0.15, -0.1) is 0 Å². The zero-order valence-corrected chi connectivity index (χ0v) is 10.1. The molecule has 57 valence electrons. The molecule has 1 saturated heterocycles. The monoisotopic (exact) mass is 193 g/mol. The van der Waals surface area contributed by atoms with Gasteiger partial charge in [0.2, 0.25) is 0 Å². The van der Waals surface area contributed by atoms with E-state index in [1.54, 1.807) is 0 Å². The van der Waals surface area contributed by atoms with Gasteiger partial charge in [-0.3, -0.25) is 0 Å². The minimum Gasteiger partial charge on any atom is -0.0970 e. The molecule has 0 bridgehead atoms. The topological polar surface area (TPSA) is 0 Å². The number of rotatable bonds is 0. The fraction of sp³-hybridized carbons (Fsp3) is 1.00. The van der Waals surface area contributed by atoms with Crippen LogP contribution in [-0.4, -0.2) is 110 Å². The molecule has 0 aromatic rings. The lowest BCUT2D eigenvalue weighted by atomic mass is 9.08. The van der Waals surface area contributed by atoms with Gasteiger partial charge in [-0.2, -0.15) is 0 Å². The highest BCUT2D eigenvalue weighted by molar-refractivity contribution is 7.49. The van der Waals surface area contributed by atoms with Gasteiger partial charge in [0.25, 0.3) is 0 Å². The second-order valence-electron chi connectivity index (χ2n) is 2.97. The third kappa shape index (κ3) is 107. The zero-order chi connectivity index (χ0) is 14.3. The first-order valence-electron chi connectivity index (χ1n) is 4.98. The van der Waals surface area contributed by atoms with Crippen molar-refractivity contribution in [3.63, 3.8) is 0 Å². The molecule has 0 saturated carbocycles. The molecule has 0 aromatic heterocycles. The lowest BCUT2D eigenvalue weighted by molar-refractivity contribution is 1.46. The third-order valence-corrected chi connectivity index (χ3v) is 0.772. The highest BCUT2D eigenvalue weighted by Crippen LogP contribution is 1.92. The van der Waals surface area contributed by atoms with Crippen LogP contribution in [0, 0.1) is 0 Å². The molecule has 0 atom stereocenters. The van der Waals surface area contributed by atoms with E-state index in [0.717, 1.165) is 0 Å². The summed E-state index contributed by atoms with van der Waals surface area (Å²) in [5.74, 6) is 0. The fourth-order valence-electron chi connectivity index (χ4n) is 0.481. The van der Waals surface area contributed by atoms with Gasteiger partial charge in [0.05, 0.1) is 14.3 Å². The molecule has 1 aliphatic rings. The van der Waals surface area contributed by atoms with Gasteiger partial charge in [-0.05, 0) is 0 Å². The quantitative estimate of drug-likeness (QED) is 0.336. The van der Waals surface area contributed by atoms with Crippen molar-refractivity contribution in [1.29, 1.82) is 0 Å². The van der Waals surface area contributed by atoms with Crippen molar-refractivity contribution in [2.75, 3.05) is 0 Å². The molecule has 1 aliphatic heterocycles. The Bertz CT molecular complexity index is 75.4. The van der Waals surface area contributed by atoms with Gasteiger partial charge < -0.3 is 0 Å². The maximum atomic E-state index is 4.67. The Kier molecular flexibility index (Phi) is 26.2. The van der Waals surface area contributed by atoms with Crippen LogP contribution in [0.5, 0.6) is 0 Å². The van der Waals surface area contributed by atoms with Crippen LogP contribution in [0.3, 0.4) is 0 Å². The molecule has 1 heterocycles. The Morgan fingerprint density at radius 3 is 0.765 bits per heavy atom. The third-order valence-electron chi connectivity index (χ3n) is 0.772. The number of hydrogen-bond donors (Lipinski definition) is 0. The molecule has 0 aliphatic carbocycles. The van der Waals surface area contributed by atoms with E-state index in [0.29, 0.717) is 0 Å². The molecule has 0 nitrogen and oxygen atoms in total. The van der Waals surface area contributed by atoms with Gasteiger partial charge in [0.15, 0.2) is 0 Å². The lowest BCUT2D eigenvalue weighted by Gasteiger charge is -1.73. The molecule has 0 amide bonds. The van der Waals surface area contributed by atoms with Gasteiger partial charge in [0, 0.05) is 95.9 Å². The molecular formula is C2H4B15. The highest BCUT2D eigenvalue weighted by atomic mass is 13.5. The standard InChI is InChI=1S/C2H4B3.3B4/c1-2-4-5-3-1;3*1-4(2)3/h1-2H2;;;. The minimum atomic E-state index is -0.667. The average molecular weight is 190 g/mol. The minimum absolute atomic E-state index is 0.667. The molecule has 1 rings (SSSR count). The Hall–Kier alpha value is 0.974. The van der Waals surface area contributed by atoms with E-state index >= 15 is 0 Å². The van der Waals surface area contributed by atoms with Crippen LogP contribution in [0.4, 0.5) is 0 Å². The lowest BCUT2D eigenvalue weighted by Crippen LogP contribution is -2.11. The normalized spacial score (nSPS) is 9.88. The largest absolute Gasteiger partial charge is 0.0970 e. The van der Waals surface area contributed by atoms with Crippen LogP contribution in [0.15, 0.2) is 0 Å². The summed E-state index contributed by atoms with van der Waals surface area (Å²) in [5.41, 5.74) is 0. The van der Waals surface area contributed by atoms with E-state index < -0.39 is 19.2 Å². The van der Waals surface area contributed by atoms with E-state index in [-0.39, 0.29) is 0 Å². The van der Waals surface area contributed by atoms with Crippen LogP contribution >= 0.6 is 0 Å². The molecule has 15 heteroatoms. The molecule has 0 aromatic carbocycles. The first kappa shape index (κ1) is 23.1. The van der Waals surface area contributed by atoms with Crippen LogP contribution in [0.1, 0.15) is 0 Å². The van der Waals surface area contributed by atoms with Crippen molar-refractivity contribution in [3.05, 3.63) is 0 Å². The van der Waals surface area contributed by atoms with Crippen LogP contribution in [-0.2, 0) is 0 Å². The number of hydrogen-bond acceptors (Lipinski definition) is 0. The summed E-state index contributed by atoms with van der Waals surface area (Å²) in [5, 5.41) is 0. The Morgan fingerprint density at radius 2 is 0.706 bits per heavy atom. The van der Waals surface area contributed by atoms with Gasteiger partial charge >= 0.3 is 0 Å². The second-order valence-corrected chi connectivity index (χ2v) is 2.97. The van der Waals surface area contributed by atoms with Crippen molar-refractivity contribution >= 4 is 110 Å². The van der Waals surface area contributed by atoms with Crippen LogP contribution in [0.2, 0.25) is 12.6 Å². The van der Waals surface area contributed by atoms with E-state index in [1.165, 1.54) is 12.6 Å². The summed E-state index contributed by atoms with van der Waals surface area (Å²) < 4.78 is 0. The summed E-state index contributed by atoms with van der Waals surface area (Å²) in [6.45, 7) is 0. The predicted molar refractivity (Wildman–Crippen MR) is 95.9 cm³/mol. The first-order valence-corrected chi connectivity index (χ1v) is 4.98. The first-order chi connectivity index (χ1) is 7.70. The predicted octanol–water partition coefficient (Wildman–Crippen LogP) is -4.79. The van der Waals surface area contributed by atoms with E-state index in [2.05, 4.69) is 91.0 Å². The average Bonchev–Trinajstić information content (AvgIpc) is 2.53. The molecule has 21 radical (unpaired) electrons. The maximum Gasteiger partial charge on any atom is 0.0543 e. The highest BCUT2D eigenvalue weighted by Gasteiger charge is 1.99.